The van der Waals surface area contributed by atoms with Crippen LogP contribution in [0, 0.1) is 0 Å². The second-order valence-electron chi connectivity index (χ2n) is 4.38. The van der Waals surface area contributed by atoms with E-state index in [2.05, 4.69) is 15.1 Å². The van der Waals surface area contributed by atoms with Crippen molar-refractivity contribution >= 4 is 28.7 Å². The number of unbranched alkanes of at least 4 members (excludes halogenated alkanes) is 1. The number of carbonyl (C=O) groups is 1. The number of nitrogens with two attached hydrogens (primary N) is 1. The first-order valence-corrected chi connectivity index (χ1v) is 7.24. The molecule has 1 atom stereocenters. The maximum absolute atomic E-state index is 11.1. The molecule has 1 amide bonds. The third-order valence-corrected chi connectivity index (χ3v) is 4.00. The zero-order chi connectivity index (χ0) is 14.5. The number of aliphatic hydroxyl groups is 1. The minimum absolute atomic E-state index is 0.172. The fourth-order valence-electron chi connectivity index (χ4n) is 1.73. The van der Waals surface area contributed by atoms with Gasteiger partial charge in [0, 0.05) is 13.2 Å². The van der Waals surface area contributed by atoms with Gasteiger partial charge in [-0.2, -0.15) is 5.10 Å². The molecule has 20 heavy (non-hydrogen) atoms. The Hall–Kier alpha value is -1.67. The van der Waals surface area contributed by atoms with E-state index in [9.17, 15) is 4.79 Å². The van der Waals surface area contributed by atoms with Crippen LogP contribution in [0.4, 0.5) is 0 Å². The fourth-order valence-corrected chi connectivity index (χ4v) is 2.56. The van der Waals surface area contributed by atoms with Gasteiger partial charge in [0.2, 0.25) is 5.91 Å². The highest BCUT2D eigenvalue weighted by Crippen LogP contribution is 2.27. The van der Waals surface area contributed by atoms with Crippen molar-refractivity contribution < 1.29 is 9.90 Å². The van der Waals surface area contributed by atoms with Crippen LogP contribution in [0.2, 0.25) is 0 Å². The molecule has 0 radical (unpaired) electrons. The molecule has 0 aliphatic heterocycles. The van der Waals surface area contributed by atoms with E-state index in [0.717, 1.165) is 23.9 Å². The van der Waals surface area contributed by atoms with Gasteiger partial charge in [0.05, 0.1) is 16.8 Å². The molecule has 0 aliphatic carbocycles. The lowest BCUT2D eigenvalue weighted by Crippen LogP contribution is -2.22. The molecule has 3 N–H and O–H groups in total. The summed E-state index contributed by atoms with van der Waals surface area (Å²) in [5.74, 6) is -0.378. The number of hydrogen-bond donors (Lipinski definition) is 2. The van der Waals surface area contributed by atoms with Crippen LogP contribution in [0.15, 0.2) is 17.6 Å². The molecule has 108 valence electrons. The lowest BCUT2D eigenvalue weighted by molar-refractivity contribution is -0.117. The first-order valence-electron chi connectivity index (χ1n) is 6.37. The molecule has 8 heteroatoms. The lowest BCUT2D eigenvalue weighted by Gasteiger charge is -2.07. The molecule has 2 aromatic heterocycles. The number of hydrogen-bond acceptors (Lipinski definition) is 6. The summed E-state index contributed by atoms with van der Waals surface area (Å²) in [7, 11) is 0. The van der Waals surface area contributed by atoms with Crippen LogP contribution in [0.5, 0.6) is 0 Å². The fraction of sp³-hybridized carbons (Fsp3) is 0.500. The molecule has 0 spiro atoms. The Labute approximate surface area is 120 Å². The van der Waals surface area contributed by atoms with Crippen LogP contribution < -0.4 is 5.73 Å². The number of fused-ring (bicyclic) bond motifs is 1. The van der Waals surface area contributed by atoms with Crippen molar-refractivity contribution in [2.24, 2.45) is 5.73 Å². The summed E-state index contributed by atoms with van der Waals surface area (Å²) in [5, 5.41) is 14.2. The van der Waals surface area contributed by atoms with E-state index in [-0.39, 0.29) is 17.8 Å². The molecule has 0 aromatic carbocycles. The average Bonchev–Trinajstić information content (AvgIpc) is 2.83. The number of carbonyl (C=O) groups excluding carboxylic acids is 1. The normalized spacial score (nSPS) is 12.7. The van der Waals surface area contributed by atoms with Crippen molar-refractivity contribution in [3.63, 3.8) is 0 Å². The van der Waals surface area contributed by atoms with Gasteiger partial charge < -0.3 is 10.8 Å². The van der Waals surface area contributed by atoms with Crippen LogP contribution >= 0.6 is 11.8 Å². The van der Waals surface area contributed by atoms with Crippen molar-refractivity contribution in [3.05, 3.63) is 12.5 Å². The van der Waals surface area contributed by atoms with Gasteiger partial charge in [0.15, 0.2) is 5.65 Å². The number of aliphatic hydroxyl groups excluding tert-OH is 1. The van der Waals surface area contributed by atoms with Gasteiger partial charge in [-0.1, -0.05) is 11.8 Å². The van der Waals surface area contributed by atoms with Crippen LogP contribution in [0.3, 0.4) is 0 Å². The van der Waals surface area contributed by atoms with Crippen molar-refractivity contribution in [3.8, 4) is 0 Å². The van der Waals surface area contributed by atoms with Crippen molar-refractivity contribution in [1.82, 2.24) is 19.7 Å². The maximum Gasteiger partial charge on any atom is 0.230 e. The number of amides is 1. The first kappa shape index (κ1) is 14.7. The van der Waals surface area contributed by atoms with E-state index in [1.807, 2.05) is 0 Å². The second-order valence-corrected chi connectivity index (χ2v) is 5.71. The molecule has 7 nitrogen and oxygen atoms in total. The molecule has 0 saturated heterocycles. The van der Waals surface area contributed by atoms with Crippen LogP contribution in [0.25, 0.3) is 11.0 Å². The maximum atomic E-state index is 11.1. The van der Waals surface area contributed by atoms with Gasteiger partial charge in [0.25, 0.3) is 0 Å². The molecule has 0 bridgehead atoms. The van der Waals surface area contributed by atoms with E-state index in [1.54, 1.807) is 17.8 Å². The van der Waals surface area contributed by atoms with Crippen molar-refractivity contribution in [2.45, 2.75) is 36.6 Å². The Morgan fingerprint density at radius 1 is 1.50 bits per heavy atom. The van der Waals surface area contributed by atoms with E-state index >= 15 is 0 Å². The highest BCUT2D eigenvalue weighted by molar-refractivity contribution is 8.00. The molecule has 1 unspecified atom stereocenters. The molecule has 0 fully saturated rings. The summed E-state index contributed by atoms with van der Waals surface area (Å²) < 4.78 is 1.78. The van der Waals surface area contributed by atoms with E-state index in [4.69, 9.17) is 10.8 Å². The Balaban J connectivity index is 2.23. The SMILES string of the molecule is CC(Sc1ncnc2c1cnn2CCCCO)C(N)=O. The Kier molecular flexibility index (Phi) is 4.91. The average molecular weight is 295 g/mol. The quantitative estimate of drug-likeness (QED) is 0.439. The van der Waals surface area contributed by atoms with Gasteiger partial charge in [-0.3, -0.25) is 4.79 Å². The number of rotatable bonds is 7. The molecule has 2 aromatic rings. The summed E-state index contributed by atoms with van der Waals surface area (Å²) in [4.78, 5) is 19.6. The molecule has 2 heterocycles. The number of primary amides is 1. The zero-order valence-corrected chi connectivity index (χ0v) is 12.0. The standard InChI is InChI=1S/C12H17N5O2S/c1-8(10(13)19)20-12-9-6-16-17(4-2-3-5-18)11(9)14-7-15-12/h6-8,18H,2-5H2,1H3,(H2,13,19). The van der Waals surface area contributed by atoms with Gasteiger partial charge in [-0.05, 0) is 19.8 Å². The van der Waals surface area contributed by atoms with Gasteiger partial charge in [0.1, 0.15) is 11.4 Å². The summed E-state index contributed by atoms with van der Waals surface area (Å²) in [6, 6.07) is 0. The molecular formula is C12H17N5O2S. The minimum Gasteiger partial charge on any atom is -0.396 e. The van der Waals surface area contributed by atoms with E-state index in [1.165, 1.54) is 18.1 Å². The van der Waals surface area contributed by atoms with Gasteiger partial charge >= 0.3 is 0 Å². The number of aryl methyl sites for hydroxylation is 1. The first-order chi connectivity index (χ1) is 9.63. The zero-order valence-electron chi connectivity index (χ0n) is 11.2. The van der Waals surface area contributed by atoms with Crippen molar-refractivity contribution in [1.29, 1.82) is 0 Å². The Morgan fingerprint density at radius 2 is 2.30 bits per heavy atom. The van der Waals surface area contributed by atoms with Crippen molar-refractivity contribution in [2.75, 3.05) is 6.61 Å². The van der Waals surface area contributed by atoms with Crippen LogP contribution in [-0.4, -0.2) is 42.6 Å². The summed E-state index contributed by atoms with van der Waals surface area (Å²) in [6.07, 6.45) is 4.72. The lowest BCUT2D eigenvalue weighted by atomic mass is 10.3. The Bertz CT molecular complexity index is 601. The number of thioether (sulfide) groups is 1. The predicted octanol–water partition coefficient (Wildman–Crippen LogP) is 0.565. The molecule has 2 rings (SSSR count). The highest BCUT2D eigenvalue weighted by atomic mass is 32.2. The number of nitrogens with zero attached hydrogens (tertiary/aromatic N) is 4. The second kappa shape index (κ2) is 6.67. The van der Waals surface area contributed by atoms with Crippen LogP contribution in [0.1, 0.15) is 19.8 Å². The van der Waals surface area contributed by atoms with E-state index < -0.39 is 0 Å². The van der Waals surface area contributed by atoms with E-state index in [0.29, 0.717) is 11.6 Å². The number of aromatic nitrogens is 4. The largest absolute Gasteiger partial charge is 0.396 e. The van der Waals surface area contributed by atoms with Gasteiger partial charge in [-0.15, -0.1) is 0 Å². The van der Waals surface area contributed by atoms with Gasteiger partial charge in [-0.25, -0.2) is 14.6 Å². The summed E-state index contributed by atoms with van der Waals surface area (Å²) in [6.45, 7) is 2.61. The smallest absolute Gasteiger partial charge is 0.230 e. The third-order valence-electron chi connectivity index (χ3n) is 2.86. The summed E-state index contributed by atoms with van der Waals surface area (Å²) in [5.41, 5.74) is 6.00. The predicted molar refractivity (Wildman–Crippen MR) is 76.2 cm³/mol. The Morgan fingerprint density at radius 3 is 3.00 bits per heavy atom. The summed E-state index contributed by atoms with van der Waals surface area (Å²) >= 11 is 1.30. The highest BCUT2D eigenvalue weighted by Gasteiger charge is 2.16. The van der Waals surface area contributed by atoms with Crippen LogP contribution in [-0.2, 0) is 11.3 Å². The molecule has 0 saturated carbocycles. The third kappa shape index (κ3) is 3.26. The molecule has 0 aliphatic rings. The molecular weight excluding hydrogens is 278 g/mol. The monoisotopic (exact) mass is 295 g/mol. The minimum atomic E-state index is -0.378. The topological polar surface area (TPSA) is 107 Å².